The molecule has 0 saturated carbocycles. The molecule has 84 valence electrons. The summed E-state index contributed by atoms with van der Waals surface area (Å²) in [5, 5.41) is 5.07. The smallest absolute Gasteiger partial charge is 0.216 e. The second kappa shape index (κ2) is 4.49. The molecule has 4 nitrogen and oxygen atoms in total. The monoisotopic (exact) mass is 248 g/mol. The van der Waals surface area contributed by atoms with Crippen molar-refractivity contribution in [1.29, 1.82) is 0 Å². The summed E-state index contributed by atoms with van der Waals surface area (Å²) in [6.07, 6.45) is 0.743. The molecule has 1 aliphatic rings. The molecule has 0 saturated heterocycles. The van der Waals surface area contributed by atoms with E-state index in [4.69, 9.17) is 5.14 Å². The van der Waals surface area contributed by atoms with Crippen molar-refractivity contribution in [2.75, 3.05) is 6.54 Å². The van der Waals surface area contributed by atoms with Gasteiger partial charge in [-0.3, -0.25) is 0 Å². The van der Waals surface area contributed by atoms with E-state index in [0.717, 1.165) is 12.0 Å². The molecule has 2 N–H and O–H groups in total. The average Bonchev–Trinajstić information content (AvgIpc) is 2.16. The molecule has 0 unspecified atom stereocenters. The molecule has 0 atom stereocenters. The highest BCUT2D eigenvalue weighted by Crippen LogP contribution is 2.19. The van der Waals surface area contributed by atoms with E-state index in [1.807, 2.05) is 24.3 Å². The van der Waals surface area contributed by atoms with Crippen LogP contribution in [-0.2, 0) is 23.2 Å². The lowest BCUT2D eigenvalue weighted by Crippen LogP contribution is -2.40. The minimum atomic E-state index is -3.54. The van der Waals surface area contributed by atoms with E-state index in [1.165, 1.54) is 9.87 Å². The number of hydrogen-bond donors (Lipinski definition) is 1. The van der Waals surface area contributed by atoms with Crippen LogP contribution in [0.4, 0.5) is 0 Å². The van der Waals surface area contributed by atoms with Gasteiger partial charge in [0, 0.05) is 13.1 Å². The molecule has 0 amide bonds. The molecule has 1 aromatic rings. The molecule has 6 heteroatoms. The van der Waals surface area contributed by atoms with Gasteiger partial charge < -0.3 is 0 Å². The van der Waals surface area contributed by atoms with E-state index in [2.05, 4.69) is 0 Å². The Morgan fingerprint density at radius 1 is 1.20 bits per heavy atom. The number of benzene rings is 1. The zero-order valence-corrected chi connectivity index (χ0v) is 9.72. The molecule has 0 fully saturated rings. The molecule has 2 rings (SSSR count). The second-order valence-electron chi connectivity index (χ2n) is 3.40. The van der Waals surface area contributed by atoms with Crippen molar-refractivity contribution < 1.29 is 8.42 Å². The number of fused-ring (bicyclic) bond motifs is 1. The van der Waals surface area contributed by atoms with Crippen LogP contribution in [0.1, 0.15) is 11.1 Å². The minimum absolute atomic E-state index is 0. The molecular weight excluding hydrogens is 236 g/mol. The molecule has 1 aliphatic heterocycles. The van der Waals surface area contributed by atoms with Crippen molar-refractivity contribution in [3.63, 3.8) is 0 Å². The fraction of sp³-hybridized carbons (Fsp3) is 0.333. The van der Waals surface area contributed by atoms with Gasteiger partial charge in [0.25, 0.3) is 10.2 Å². The Morgan fingerprint density at radius 2 is 1.80 bits per heavy atom. The molecule has 1 aromatic carbocycles. The topological polar surface area (TPSA) is 63.4 Å². The summed E-state index contributed by atoms with van der Waals surface area (Å²) in [6.45, 7) is 0.880. The standard InChI is InChI=1S/C9H12N2O2S.ClH/c10-14(12,13)11-6-5-8-3-1-2-4-9(8)7-11;/h1-4H,5-7H2,(H2,10,12,13);1H. The van der Waals surface area contributed by atoms with Crippen molar-refractivity contribution in [1.82, 2.24) is 4.31 Å². The van der Waals surface area contributed by atoms with Crippen molar-refractivity contribution in [2.24, 2.45) is 5.14 Å². The molecule has 15 heavy (non-hydrogen) atoms. The molecule has 0 bridgehead atoms. The molecule has 0 aliphatic carbocycles. The van der Waals surface area contributed by atoms with Gasteiger partial charge >= 0.3 is 0 Å². The third-order valence-corrected chi connectivity index (χ3v) is 3.49. The van der Waals surface area contributed by atoms with Gasteiger partial charge in [-0.25, -0.2) is 5.14 Å². The van der Waals surface area contributed by atoms with Crippen LogP contribution >= 0.6 is 12.4 Å². The highest BCUT2D eigenvalue weighted by Gasteiger charge is 2.22. The van der Waals surface area contributed by atoms with Crippen molar-refractivity contribution in [2.45, 2.75) is 13.0 Å². The summed E-state index contributed by atoms with van der Waals surface area (Å²) < 4.78 is 23.5. The van der Waals surface area contributed by atoms with Gasteiger partial charge in [-0.1, -0.05) is 24.3 Å². The Balaban J connectivity index is 0.00000112. The molecule has 1 heterocycles. The summed E-state index contributed by atoms with van der Waals surface area (Å²) >= 11 is 0. The Morgan fingerprint density at radius 3 is 2.40 bits per heavy atom. The first-order valence-corrected chi connectivity index (χ1v) is 5.92. The van der Waals surface area contributed by atoms with Crippen LogP contribution in [0.25, 0.3) is 0 Å². The van der Waals surface area contributed by atoms with E-state index in [0.29, 0.717) is 13.1 Å². The van der Waals surface area contributed by atoms with Gasteiger partial charge in [0.1, 0.15) is 0 Å². The predicted octanol–water partition coefficient (Wildman–Crippen LogP) is 0.670. The van der Waals surface area contributed by atoms with Crippen LogP contribution in [0.2, 0.25) is 0 Å². The van der Waals surface area contributed by atoms with Crippen LogP contribution in [0.3, 0.4) is 0 Å². The van der Waals surface area contributed by atoms with E-state index < -0.39 is 10.2 Å². The molecular formula is C9H13ClN2O2S. The Hall–Kier alpha value is -0.620. The molecule has 0 spiro atoms. The number of nitrogens with zero attached hydrogens (tertiary/aromatic N) is 1. The number of rotatable bonds is 1. The minimum Gasteiger partial charge on any atom is -0.216 e. The van der Waals surface area contributed by atoms with Gasteiger partial charge in [0.05, 0.1) is 0 Å². The quantitative estimate of drug-likeness (QED) is 0.794. The van der Waals surface area contributed by atoms with Crippen LogP contribution in [0.15, 0.2) is 24.3 Å². The molecule has 0 aromatic heterocycles. The Bertz CT molecular complexity index is 447. The van der Waals surface area contributed by atoms with Gasteiger partial charge in [0.2, 0.25) is 0 Å². The summed E-state index contributed by atoms with van der Waals surface area (Å²) in [6, 6.07) is 7.83. The Kier molecular flexibility index (Phi) is 3.72. The second-order valence-corrected chi connectivity index (χ2v) is 4.94. The highest BCUT2D eigenvalue weighted by molar-refractivity contribution is 7.86. The van der Waals surface area contributed by atoms with Gasteiger partial charge in [-0.05, 0) is 17.5 Å². The predicted molar refractivity (Wildman–Crippen MR) is 60.9 cm³/mol. The lowest BCUT2D eigenvalue weighted by molar-refractivity contribution is 0.392. The SMILES string of the molecule is Cl.NS(=O)(=O)N1CCc2ccccc2C1. The lowest BCUT2D eigenvalue weighted by atomic mass is 10.0. The number of nitrogens with two attached hydrogens (primary N) is 1. The third-order valence-electron chi connectivity index (χ3n) is 2.46. The maximum absolute atomic E-state index is 11.1. The third kappa shape index (κ3) is 2.69. The zero-order valence-electron chi connectivity index (χ0n) is 8.09. The first-order chi connectivity index (χ1) is 6.57. The maximum Gasteiger partial charge on any atom is 0.277 e. The maximum atomic E-state index is 11.1. The van der Waals surface area contributed by atoms with Crippen LogP contribution in [0.5, 0.6) is 0 Å². The average molecular weight is 249 g/mol. The van der Waals surface area contributed by atoms with E-state index in [-0.39, 0.29) is 12.4 Å². The van der Waals surface area contributed by atoms with Crippen molar-refractivity contribution in [3.8, 4) is 0 Å². The highest BCUT2D eigenvalue weighted by atomic mass is 35.5. The van der Waals surface area contributed by atoms with Crippen LogP contribution in [0, 0.1) is 0 Å². The summed E-state index contributed by atoms with van der Waals surface area (Å²) in [4.78, 5) is 0. The fourth-order valence-electron chi connectivity index (χ4n) is 1.69. The largest absolute Gasteiger partial charge is 0.277 e. The zero-order chi connectivity index (χ0) is 10.2. The van der Waals surface area contributed by atoms with E-state index >= 15 is 0 Å². The first kappa shape index (κ1) is 12.4. The first-order valence-electron chi connectivity index (χ1n) is 4.42. The number of halogens is 1. The van der Waals surface area contributed by atoms with E-state index in [1.54, 1.807) is 0 Å². The van der Waals surface area contributed by atoms with Crippen molar-refractivity contribution in [3.05, 3.63) is 35.4 Å². The van der Waals surface area contributed by atoms with Gasteiger partial charge in [-0.15, -0.1) is 12.4 Å². The number of hydrogen-bond acceptors (Lipinski definition) is 2. The van der Waals surface area contributed by atoms with Crippen LogP contribution in [-0.4, -0.2) is 19.3 Å². The normalized spacial score (nSPS) is 16.6. The summed E-state index contributed by atoms with van der Waals surface area (Å²) in [5.74, 6) is 0. The summed E-state index contributed by atoms with van der Waals surface area (Å²) in [5.41, 5.74) is 2.26. The van der Waals surface area contributed by atoms with E-state index in [9.17, 15) is 8.42 Å². The van der Waals surface area contributed by atoms with Crippen molar-refractivity contribution >= 4 is 22.6 Å². The lowest BCUT2D eigenvalue weighted by Gasteiger charge is -2.25. The Labute approximate surface area is 95.7 Å². The van der Waals surface area contributed by atoms with Gasteiger partial charge in [0.15, 0.2) is 0 Å². The summed E-state index contributed by atoms with van der Waals surface area (Å²) in [7, 11) is -3.54. The molecule has 0 radical (unpaired) electrons. The fourth-order valence-corrected chi connectivity index (χ4v) is 2.35. The van der Waals surface area contributed by atoms with Gasteiger partial charge in [-0.2, -0.15) is 12.7 Å². The van der Waals surface area contributed by atoms with Crippen LogP contribution < -0.4 is 5.14 Å².